The molecule has 3 aromatic heterocycles. The fourth-order valence-corrected chi connectivity index (χ4v) is 7.81. The molecule has 0 aliphatic rings. The van der Waals surface area contributed by atoms with Crippen molar-refractivity contribution in [1.29, 1.82) is 5.26 Å². The Morgan fingerprint density at radius 1 is 0.385 bits per heavy atom. The first kappa shape index (κ1) is 29.7. The lowest BCUT2D eigenvalue weighted by Crippen LogP contribution is -1.96. The summed E-state index contributed by atoms with van der Waals surface area (Å²) in [5.41, 5.74) is 14.0. The maximum atomic E-state index is 9.68. The lowest BCUT2D eigenvalue weighted by atomic mass is 9.97. The Morgan fingerprint density at radius 2 is 0.962 bits per heavy atom. The van der Waals surface area contributed by atoms with Crippen molar-refractivity contribution in [1.82, 2.24) is 14.1 Å². The third-order valence-electron chi connectivity index (χ3n) is 10.2. The van der Waals surface area contributed by atoms with Gasteiger partial charge in [0.2, 0.25) is 0 Å². The standard InChI is InChI=1S/C48H30N4/c49-30-32-10-9-13-34(24-32)38-25-37(33-11-3-1-4-12-33)26-40(27-38)52-45-17-8-7-16-41(45)43-28-35(19-21-47(43)52)36-18-20-46-44(29-36)42-22-23-50-31-48(42)51(46)39-14-5-2-6-15-39/h1-29,31H. The first-order valence-corrected chi connectivity index (χ1v) is 17.4. The van der Waals surface area contributed by atoms with Crippen LogP contribution >= 0.6 is 0 Å². The zero-order valence-corrected chi connectivity index (χ0v) is 28.1. The molecular weight excluding hydrogens is 633 g/mol. The minimum absolute atomic E-state index is 0.646. The average molecular weight is 663 g/mol. The molecule has 0 unspecified atom stereocenters. The van der Waals surface area contributed by atoms with Gasteiger partial charge in [-0.15, -0.1) is 0 Å². The maximum Gasteiger partial charge on any atom is 0.0991 e. The molecule has 10 aromatic rings. The summed E-state index contributed by atoms with van der Waals surface area (Å²) in [7, 11) is 0. The number of benzene rings is 7. The van der Waals surface area contributed by atoms with Gasteiger partial charge in [-0.25, -0.2) is 0 Å². The van der Waals surface area contributed by atoms with E-state index >= 15 is 0 Å². The zero-order valence-electron chi connectivity index (χ0n) is 28.1. The molecule has 0 N–H and O–H groups in total. The highest BCUT2D eigenvalue weighted by Gasteiger charge is 2.17. The summed E-state index contributed by atoms with van der Waals surface area (Å²) in [6.45, 7) is 0. The number of pyridine rings is 1. The Morgan fingerprint density at radius 3 is 1.69 bits per heavy atom. The van der Waals surface area contributed by atoms with E-state index in [1.807, 2.05) is 36.7 Å². The number of hydrogen-bond donors (Lipinski definition) is 0. The van der Waals surface area contributed by atoms with Gasteiger partial charge in [-0.3, -0.25) is 4.98 Å². The van der Waals surface area contributed by atoms with E-state index in [9.17, 15) is 5.26 Å². The molecule has 0 fully saturated rings. The van der Waals surface area contributed by atoms with Crippen LogP contribution in [0.3, 0.4) is 0 Å². The third-order valence-corrected chi connectivity index (χ3v) is 10.2. The van der Waals surface area contributed by atoms with Crippen molar-refractivity contribution in [2.75, 3.05) is 0 Å². The second-order valence-electron chi connectivity index (χ2n) is 13.2. The molecule has 3 heterocycles. The zero-order chi connectivity index (χ0) is 34.6. The molecule has 0 atom stereocenters. The highest BCUT2D eigenvalue weighted by molar-refractivity contribution is 6.12. The fraction of sp³-hybridized carbons (Fsp3) is 0. The van der Waals surface area contributed by atoms with Gasteiger partial charge in [-0.2, -0.15) is 5.26 Å². The summed E-state index contributed by atoms with van der Waals surface area (Å²) in [6, 6.07) is 62.3. The van der Waals surface area contributed by atoms with E-state index in [0.717, 1.165) is 55.7 Å². The number of hydrogen-bond acceptors (Lipinski definition) is 2. The highest BCUT2D eigenvalue weighted by Crippen LogP contribution is 2.39. The van der Waals surface area contributed by atoms with Crippen LogP contribution in [0.25, 0.3) is 88.4 Å². The number of fused-ring (bicyclic) bond motifs is 6. The van der Waals surface area contributed by atoms with Crippen molar-refractivity contribution in [3.05, 3.63) is 188 Å². The molecule has 4 heteroatoms. The number of aromatic nitrogens is 3. The average Bonchev–Trinajstić information content (AvgIpc) is 3.73. The van der Waals surface area contributed by atoms with Crippen molar-refractivity contribution in [2.45, 2.75) is 0 Å². The van der Waals surface area contributed by atoms with E-state index in [1.54, 1.807) is 0 Å². The highest BCUT2D eigenvalue weighted by atomic mass is 15.0. The summed E-state index contributed by atoms with van der Waals surface area (Å²) in [4.78, 5) is 4.48. The van der Waals surface area contributed by atoms with E-state index in [2.05, 4.69) is 166 Å². The van der Waals surface area contributed by atoms with E-state index in [0.29, 0.717) is 5.56 Å². The molecule has 0 aliphatic heterocycles. The van der Waals surface area contributed by atoms with Crippen molar-refractivity contribution in [3.63, 3.8) is 0 Å². The maximum absolute atomic E-state index is 9.68. The van der Waals surface area contributed by atoms with Gasteiger partial charge in [-0.1, -0.05) is 91.0 Å². The Labute approximate surface area is 300 Å². The molecule has 0 spiro atoms. The predicted octanol–water partition coefficient (Wildman–Crippen LogP) is 12.1. The summed E-state index contributed by atoms with van der Waals surface area (Å²) < 4.78 is 4.68. The predicted molar refractivity (Wildman–Crippen MR) is 214 cm³/mol. The Hall–Kier alpha value is -7.22. The smallest absolute Gasteiger partial charge is 0.0991 e. The van der Waals surface area contributed by atoms with Gasteiger partial charge in [0.15, 0.2) is 0 Å². The van der Waals surface area contributed by atoms with E-state index in [-0.39, 0.29) is 0 Å². The van der Waals surface area contributed by atoms with Crippen LogP contribution in [0.15, 0.2) is 182 Å². The van der Waals surface area contributed by atoms with Crippen LogP contribution in [0.1, 0.15) is 5.56 Å². The molecule has 0 bridgehead atoms. The Balaban J connectivity index is 1.17. The third kappa shape index (κ3) is 4.80. The van der Waals surface area contributed by atoms with Crippen LogP contribution < -0.4 is 0 Å². The van der Waals surface area contributed by atoms with Gasteiger partial charge in [0.05, 0.1) is 39.9 Å². The van der Waals surface area contributed by atoms with Crippen molar-refractivity contribution < 1.29 is 0 Å². The first-order valence-electron chi connectivity index (χ1n) is 17.4. The molecular formula is C48H30N4. The van der Waals surface area contributed by atoms with Gasteiger partial charge in [0.25, 0.3) is 0 Å². The molecule has 0 saturated carbocycles. The Kier molecular flexibility index (Phi) is 6.84. The van der Waals surface area contributed by atoms with Crippen molar-refractivity contribution in [2.24, 2.45) is 0 Å². The van der Waals surface area contributed by atoms with Crippen LogP contribution in [0.4, 0.5) is 0 Å². The van der Waals surface area contributed by atoms with E-state index in [1.165, 1.54) is 32.7 Å². The van der Waals surface area contributed by atoms with Crippen molar-refractivity contribution >= 4 is 43.6 Å². The molecule has 10 rings (SSSR count). The quantitative estimate of drug-likeness (QED) is 0.184. The summed E-state index contributed by atoms with van der Waals surface area (Å²) in [5, 5.41) is 14.5. The molecule has 4 nitrogen and oxygen atoms in total. The van der Waals surface area contributed by atoms with Crippen LogP contribution in [-0.4, -0.2) is 14.1 Å². The van der Waals surface area contributed by atoms with Crippen LogP contribution in [0.2, 0.25) is 0 Å². The largest absolute Gasteiger partial charge is 0.309 e. The monoisotopic (exact) mass is 662 g/mol. The van der Waals surface area contributed by atoms with Crippen LogP contribution in [0.5, 0.6) is 0 Å². The van der Waals surface area contributed by atoms with E-state index < -0.39 is 0 Å². The molecule has 52 heavy (non-hydrogen) atoms. The van der Waals surface area contributed by atoms with Crippen LogP contribution in [0, 0.1) is 11.3 Å². The molecule has 0 aliphatic carbocycles. The summed E-state index contributed by atoms with van der Waals surface area (Å²) in [6.07, 6.45) is 3.84. The molecule has 0 amide bonds. The number of nitriles is 1. The fourth-order valence-electron chi connectivity index (χ4n) is 7.81. The molecule has 7 aromatic carbocycles. The number of para-hydroxylation sites is 2. The van der Waals surface area contributed by atoms with Gasteiger partial charge < -0.3 is 9.13 Å². The first-order chi connectivity index (χ1) is 25.7. The number of rotatable bonds is 5. The van der Waals surface area contributed by atoms with Gasteiger partial charge in [-0.05, 0) is 112 Å². The van der Waals surface area contributed by atoms with Crippen molar-refractivity contribution in [3.8, 4) is 50.8 Å². The summed E-state index contributed by atoms with van der Waals surface area (Å²) >= 11 is 0. The lowest BCUT2D eigenvalue weighted by Gasteiger charge is -2.14. The Bertz CT molecular complexity index is 3020. The lowest BCUT2D eigenvalue weighted by molar-refractivity contribution is 1.17. The summed E-state index contributed by atoms with van der Waals surface area (Å²) in [5.74, 6) is 0. The normalized spacial score (nSPS) is 11.4. The van der Waals surface area contributed by atoms with Gasteiger partial charge in [0, 0.05) is 39.1 Å². The van der Waals surface area contributed by atoms with E-state index in [4.69, 9.17) is 0 Å². The van der Waals surface area contributed by atoms with Gasteiger partial charge in [0.1, 0.15) is 0 Å². The SMILES string of the molecule is N#Cc1cccc(-c2cc(-c3ccccc3)cc(-n3c4ccccc4c4cc(-c5ccc6c(c5)c5ccncc5n6-c5ccccc5)ccc43)c2)c1. The second kappa shape index (κ2) is 12.0. The topological polar surface area (TPSA) is 46.5 Å². The van der Waals surface area contributed by atoms with Crippen LogP contribution in [-0.2, 0) is 0 Å². The molecule has 242 valence electrons. The molecule has 0 saturated heterocycles. The minimum atomic E-state index is 0.646. The number of nitrogens with zero attached hydrogens (tertiary/aromatic N) is 4. The van der Waals surface area contributed by atoms with Gasteiger partial charge >= 0.3 is 0 Å². The second-order valence-corrected chi connectivity index (χ2v) is 13.2. The minimum Gasteiger partial charge on any atom is -0.309 e. The molecule has 0 radical (unpaired) electrons.